The maximum Gasteiger partial charge on any atom is 0.204 e. The molecule has 2 aromatic carbocycles. The van der Waals surface area contributed by atoms with Crippen molar-refractivity contribution in [3.05, 3.63) is 62.3 Å². The number of phenolic OH excluding ortho intramolecular Hbond substituents is 1. The standard InChI is InChI=1S/C44H64Br2O6/c1-32(2)21-23-34-36(31-47)38(51-28-20-16-12-8-6-10-14-18-26-46)30-39-41(34)44(49)42-40(52-39)29-37(35(43(42)48)24-22-33(3)4)50-27-19-15-11-7-5-9-13-17-25-45/h21-22,29-30,47-48H,5-20,23-28,31H2,1-4H3. The van der Waals surface area contributed by atoms with Crippen molar-refractivity contribution in [1.29, 1.82) is 0 Å². The maximum absolute atomic E-state index is 14.4. The molecule has 0 radical (unpaired) electrons. The number of alkyl halides is 2. The van der Waals surface area contributed by atoms with E-state index in [1.807, 2.05) is 39.8 Å². The van der Waals surface area contributed by atoms with E-state index < -0.39 is 0 Å². The van der Waals surface area contributed by atoms with Gasteiger partial charge in [0, 0.05) is 33.9 Å². The quantitative estimate of drug-likeness (QED) is 0.0344. The van der Waals surface area contributed by atoms with Crippen LogP contribution in [0.1, 0.15) is 147 Å². The van der Waals surface area contributed by atoms with Crippen LogP contribution in [0.15, 0.2) is 44.6 Å². The first-order valence-electron chi connectivity index (χ1n) is 19.8. The molecule has 3 aromatic rings. The Balaban J connectivity index is 1.91. The molecule has 0 bridgehead atoms. The molecule has 0 saturated carbocycles. The van der Waals surface area contributed by atoms with Gasteiger partial charge in [-0.25, -0.2) is 0 Å². The first-order valence-corrected chi connectivity index (χ1v) is 22.0. The number of aromatic hydroxyl groups is 1. The summed E-state index contributed by atoms with van der Waals surface area (Å²) in [5, 5.41) is 25.0. The lowest BCUT2D eigenvalue weighted by atomic mass is 9.95. The molecule has 0 amide bonds. The van der Waals surface area contributed by atoms with Crippen LogP contribution in [0.25, 0.3) is 21.9 Å². The van der Waals surface area contributed by atoms with Crippen LogP contribution in [0.2, 0.25) is 0 Å². The minimum atomic E-state index is -0.315. The average molecular weight is 849 g/mol. The van der Waals surface area contributed by atoms with Crippen LogP contribution in [0, 0.1) is 0 Å². The molecule has 52 heavy (non-hydrogen) atoms. The molecule has 0 saturated heterocycles. The fraction of sp³-hybridized carbons (Fsp3) is 0.614. The average Bonchev–Trinajstić information content (AvgIpc) is 3.11. The second kappa shape index (κ2) is 24.9. The van der Waals surface area contributed by atoms with Crippen LogP contribution >= 0.6 is 31.9 Å². The topological polar surface area (TPSA) is 89.1 Å². The Morgan fingerprint density at radius 3 is 1.46 bits per heavy atom. The predicted octanol–water partition coefficient (Wildman–Crippen LogP) is 13.0. The van der Waals surface area contributed by atoms with Crippen molar-refractivity contribution in [1.82, 2.24) is 0 Å². The summed E-state index contributed by atoms with van der Waals surface area (Å²) in [6.45, 7) is 8.82. The monoisotopic (exact) mass is 846 g/mol. The van der Waals surface area contributed by atoms with Gasteiger partial charge in [0.25, 0.3) is 0 Å². The highest BCUT2D eigenvalue weighted by Gasteiger charge is 2.24. The zero-order chi connectivity index (χ0) is 37.7. The highest BCUT2D eigenvalue weighted by molar-refractivity contribution is 9.09. The number of fused-ring (bicyclic) bond motifs is 2. The third-order valence-electron chi connectivity index (χ3n) is 9.63. The molecule has 0 spiro atoms. The number of hydrogen-bond donors (Lipinski definition) is 2. The van der Waals surface area contributed by atoms with E-state index in [0.29, 0.717) is 65.2 Å². The minimum absolute atomic E-state index is 0.105. The highest BCUT2D eigenvalue weighted by Crippen LogP contribution is 2.39. The van der Waals surface area contributed by atoms with Crippen LogP contribution in [0.4, 0.5) is 0 Å². The normalized spacial score (nSPS) is 11.4. The summed E-state index contributed by atoms with van der Waals surface area (Å²) in [6, 6.07) is 3.51. The second-order valence-electron chi connectivity index (χ2n) is 14.6. The molecule has 0 fully saturated rings. The molecular weight excluding hydrogens is 784 g/mol. The van der Waals surface area contributed by atoms with Crippen molar-refractivity contribution in [3.63, 3.8) is 0 Å². The molecule has 8 heteroatoms. The third kappa shape index (κ3) is 14.2. The number of hydrogen-bond acceptors (Lipinski definition) is 6. The van der Waals surface area contributed by atoms with Crippen molar-refractivity contribution < 1.29 is 24.1 Å². The van der Waals surface area contributed by atoms with Gasteiger partial charge >= 0.3 is 0 Å². The highest BCUT2D eigenvalue weighted by atomic mass is 79.9. The number of ether oxygens (including phenoxy) is 2. The van der Waals surface area contributed by atoms with E-state index in [2.05, 4.69) is 31.9 Å². The lowest BCUT2D eigenvalue weighted by molar-refractivity contribution is 0.259. The molecule has 0 aliphatic carbocycles. The number of rotatable bonds is 27. The molecule has 1 heterocycles. The molecule has 290 valence electrons. The Kier molecular flexibility index (Phi) is 21.1. The van der Waals surface area contributed by atoms with Crippen LogP contribution in [-0.2, 0) is 19.4 Å². The lowest BCUT2D eigenvalue weighted by Gasteiger charge is -2.18. The van der Waals surface area contributed by atoms with Crippen LogP contribution in [0.5, 0.6) is 17.2 Å². The Morgan fingerprint density at radius 2 is 1.02 bits per heavy atom. The van der Waals surface area contributed by atoms with Crippen LogP contribution in [-0.4, -0.2) is 34.1 Å². The molecule has 0 atom stereocenters. The van der Waals surface area contributed by atoms with Gasteiger partial charge in [-0.2, -0.15) is 0 Å². The summed E-state index contributed by atoms with van der Waals surface area (Å²) in [6.07, 6.45) is 23.9. The lowest BCUT2D eigenvalue weighted by Crippen LogP contribution is -2.11. The summed E-state index contributed by atoms with van der Waals surface area (Å²) < 4.78 is 19.1. The Bertz CT molecular complexity index is 1630. The fourth-order valence-corrected chi connectivity index (χ4v) is 7.40. The van der Waals surface area contributed by atoms with Crippen LogP contribution < -0.4 is 14.9 Å². The molecule has 3 rings (SSSR count). The van der Waals surface area contributed by atoms with Gasteiger partial charge in [0.2, 0.25) is 5.43 Å². The second-order valence-corrected chi connectivity index (χ2v) is 16.2. The largest absolute Gasteiger partial charge is 0.507 e. The van der Waals surface area contributed by atoms with Crippen molar-refractivity contribution in [2.75, 3.05) is 23.9 Å². The summed E-state index contributed by atoms with van der Waals surface area (Å²) in [5.74, 6) is 0.968. The fourth-order valence-electron chi connectivity index (χ4n) is 6.61. The van der Waals surface area contributed by atoms with Crippen molar-refractivity contribution >= 4 is 53.8 Å². The van der Waals surface area contributed by atoms with Gasteiger partial charge in [0.15, 0.2) is 0 Å². The van der Waals surface area contributed by atoms with E-state index in [4.69, 9.17) is 13.9 Å². The minimum Gasteiger partial charge on any atom is -0.507 e. The number of unbranched alkanes of at least 4 members (excludes halogenated alkanes) is 14. The van der Waals surface area contributed by atoms with Gasteiger partial charge < -0.3 is 24.1 Å². The van der Waals surface area contributed by atoms with E-state index in [0.717, 1.165) is 47.5 Å². The van der Waals surface area contributed by atoms with E-state index in [9.17, 15) is 15.0 Å². The molecule has 0 aliphatic rings. The van der Waals surface area contributed by atoms with Crippen molar-refractivity contribution in [2.24, 2.45) is 0 Å². The van der Waals surface area contributed by atoms with E-state index in [-0.39, 0.29) is 28.8 Å². The molecule has 0 aliphatic heterocycles. The Hall–Kier alpha value is -2.29. The predicted molar refractivity (Wildman–Crippen MR) is 226 cm³/mol. The van der Waals surface area contributed by atoms with Gasteiger partial charge in [-0.15, -0.1) is 0 Å². The summed E-state index contributed by atoms with van der Waals surface area (Å²) >= 11 is 7.01. The van der Waals surface area contributed by atoms with Gasteiger partial charge in [-0.05, 0) is 71.8 Å². The van der Waals surface area contributed by atoms with Gasteiger partial charge in [0.05, 0.1) is 25.2 Å². The van der Waals surface area contributed by atoms with E-state index in [1.54, 1.807) is 12.1 Å². The number of aliphatic hydroxyl groups excluding tert-OH is 1. The number of halogens is 2. The van der Waals surface area contributed by atoms with Crippen molar-refractivity contribution in [2.45, 2.75) is 150 Å². The first-order chi connectivity index (χ1) is 25.2. The Labute approximate surface area is 329 Å². The molecule has 1 aromatic heterocycles. The number of aliphatic hydroxyl groups is 1. The summed E-state index contributed by atoms with van der Waals surface area (Å²) in [5.41, 5.74) is 4.39. The smallest absolute Gasteiger partial charge is 0.204 e. The molecule has 2 N–H and O–H groups in total. The first kappa shape index (κ1) is 44.1. The maximum atomic E-state index is 14.4. The number of benzene rings is 2. The SMILES string of the molecule is CC(C)=CCc1c(OCCCCCCCCCCBr)cc2oc3cc(OCCCCCCCCCCBr)c(CO)c(CC=C(C)C)c3c(=O)c2c1O. The number of phenols is 1. The van der Waals surface area contributed by atoms with Gasteiger partial charge in [-0.1, -0.05) is 132 Å². The zero-order valence-corrected chi connectivity index (χ0v) is 35.5. The molecular formula is C44H64Br2O6. The van der Waals surface area contributed by atoms with Gasteiger partial charge in [0.1, 0.15) is 33.8 Å². The third-order valence-corrected chi connectivity index (χ3v) is 10.8. The van der Waals surface area contributed by atoms with E-state index in [1.165, 1.54) is 77.0 Å². The van der Waals surface area contributed by atoms with E-state index >= 15 is 0 Å². The summed E-state index contributed by atoms with van der Waals surface area (Å²) in [4.78, 5) is 14.4. The Morgan fingerprint density at radius 1 is 0.615 bits per heavy atom. The van der Waals surface area contributed by atoms with Crippen LogP contribution in [0.3, 0.4) is 0 Å². The molecule has 0 unspecified atom stereocenters. The van der Waals surface area contributed by atoms with Crippen molar-refractivity contribution in [3.8, 4) is 17.2 Å². The van der Waals surface area contributed by atoms with Gasteiger partial charge in [-0.3, -0.25) is 4.79 Å². The zero-order valence-electron chi connectivity index (χ0n) is 32.4. The molecule has 6 nitrogen and oxygen atoms in total. The number of allylic oxidation sites excluding steroid dienone is 4. The summed E-state index contributed by atoms with van der Waals surface area (Å²) in [7, 11) is 0.